The van der Waals surface area contributed by atoms with Crippen molar-refractivity contribution in [3.05, 3.63) is 60.2 Å². The number of carbonyl (C=O) groups excluding carboxylic acids is 2. The van der Waals surface area contributed by atoms with Crippen LogP contribution >= 0.6 is 0 Å². The van der Waals surface area contributed by atoms with Crippen molar-refractivity contribution in [1.82, 2.24) is 10.2 Å². The summed E-state index contributed by atoms with van der Waals surface area (Å²) in [7, 11) is 1.59. The molecule has 162 valence electrons. The van der Waals surface area contributed by atoms with E-state index in [1.165, 1.54) is 0 Å². The molecule has 2 aromatic rings. The average Bonchev–Trinajstić information content (AvgIpc) is 2.76. The van der Waals surface area contributed by atoms with E-state index in [4.69, 9.17) is 9.47 Å². The first-order valence-corrected chi connectivity index (χ1v) is 10.3. The molecule has 0 aliphatic rings. The molecule has 0 spiro atoms. The molecule has 0 heterocycles. The van der Waals surface area contributed by atoms with Gasteiger partial charge < -0.3 is 19.7 Å². The molecule has 2 rings (SSSR count). The summed E-state index contributed by atoms with van der Waals surface area (Å²) in [5.41, 5.74) is 0.963. The molecule has 0 fully saturated rings. The minimum Gasteiger partial charge on any atom is -0.497 e. The van der Waals surface area contributed by atoms with E-state index in [1.807, 2.05) is 51.1 Å². The number of hydrogen-bond donors (Lipinski definition) is 1. The van der Waals surface area contributed by atoms with Crippen molar-refractivity contribution in [3.63, 3.8) is 0 Å². The zero-order chi connectivity index (χ0) is 21.9. The van der Waals surface area contributed by atoms with Crippen LogP contribution in [0.2, 0.25) is 0 Å². The highest BCUT2D eigenvalue weighted by atomic mass is 16.5. The lowest BCUT2D eigenvalue weighted by Crippen LogP contribution is -2.50. The summed E-state index contributed by atoms with van der Waals surface area (Å²) in [4.78, 5) is 27.5. The molecule has 0 saturated heterocycles. The highest BCUT2D eigenvalue weighted by Gasteiger charge is 2.28. The zero-order valence-corrected chi connectivity index (χ0v) is 18.3. The Morgan fingerprint density at radius 2 is 1.63 bits per heavy atom. The van der Waals surface area contributed by atoms with Gasteiger partial charge >= 0.3 is 0 Å². The van der Waals surface area contributed by atoms with Crippen molar-refractivity contribution in [1.29, 1.82) is 0 Å². The number of nitrogens with zero attached hydrogens (tertiary/aromatic N) is 1. The predicted molar refractivity (Wildman–Crippen MR) is 117 cm³/mol. The van der Waals surface area contributed by atoms with Crippen LogP contribution in [0.1, 0.15) is 32.8 Å². The largest absolute Gasteiger partial charge is 0.497 e. The number of hydrogen-bond acceptors (Lipinski definition) is 4. The first-order chi connectivity index (χ1) is 14.4. The van der Waals surface area contributed by atoms with Crippen molar-refractivity contribution in [2.24, 2.45) is 5.92 Å². The number of rotatable bonds is 11. The van der Waals surface area contributed by atoms with E-state index in [2.05, 4.69) is 5.32 Å². The minimum absolute atomic E-state index is 0.139. The van der Waals surface area contributed by atoms with Gasteiger partial charge in [0.25, 0.3) is 5.91 Å². The molecule has 0 aliphatic heterocycles. The normalized spacial score (nSPS) is 11.6. The summed E-state index contributed by atoms with van der Waals surface area (Å²) in [6.45, 7) is 6.76. The highest BCUT2D eigenvalue weighted by Crippen LogP contribution is 2.18. The molecule has 0 radical (unpaired) electrons. The number of carbonyl (C=O) groups is 2. The van der Waals surface area contributed by atoms with Crippen molar-refractivity contribution in [2.45, 2.75) is 39.8 Å². The molecule has 1 unspecified atom stereocenters. The summed E-state index contributed by atoms with van der Waals surface area (Å²) in [5.74, 6) is 1.25. The minimum atomic E-state index is -0.559. The molecule has 30 heavy (non-hydrogen) atoms. The molecule has 2 amide bonds. The molecule has 0 bridgehead atoms. The van der Waals surface area contributed by atoms with E-state index < -0.39 is 6.04 Å². The van der Waals surface area contributed by atoms with Crippen LogP contribution in [0.25, 0.3) is 0 Å². The van der Waals surface area contributed by atoms with Crippen molar-refractivity contribution < 1.29 is 19.1 Å². The lowest BCUT2D eigenvalue weighted by atomic mass is 10.1. The van der Waals surface area contributed by atoms with Crippen molar-refractivity contribution in [2.75, 3.05) is 20.3 Å². The van der Waals surface area contributed by atoms with E-state index in [9.17, 15) is 9.59 Å². The SMILES string of the molecule is CCC(C(=O)NCC(C)C)N(Cc1ccccc1)C(=O)COc1ccc(OC)cc1. The quantitative estimate of drug-likeness (QED) is 0.612. The van der Waals surface area contributed by atoms with Gasteiger partial charge in [0.15, 0.2) is 6.61 Å². The second-order valence-corrected chi connectivity index (χ2v) is 7.53. The Kier molecular flexibility index (Phi) is 9.19. The van der Waals surface area contributed by atoms with Crippen LogP contribution in [0.5, 0.6) is 11.5 Å². The molecule has 6 heteroatoms. The molecule has 2 aromatic carbocycles. The Hall–Kier alpha value is -3.02. The monoisotopic (exact) mass is 412 g/mol. The van der Waals surface area contributed by atoms with Crippen LogP contribution in [0.3, 0.4) is 0 Å². The van der Waals surface area contributed by atoms with Crippen LogP contribution in [-0.4, -0.2) is 43.0 Å². The van der Waals surface area contributed by atoms with Gasteiger partial charge in [0, 0.05) is 13.1 Å². The number of ether oxygens (including phenoxy) is 2. The molecule has 6 nitrogen and oxygen atoms in total. The van der Waals surface area contributed by atoms with E-state index in [0.717, 1.165) is 5.56 Å². The van der Waals surface area contributed by atoms with Gasteiger partial charge in [0.1, 0.15) is 17.5 Å². The van der Waals surface area contributed by atoms with Gasteiger partial charge in [-0.3, -0.25) is 9.59 Å². The van der Waals surface area contributed by atoms with Gasteiger partial charge in [0.05, 0.1) is 7.11 Å². The van der Waals surface area contributed by atoms with E-state index in [1.54, 1.807) is 36.3 Å². The molecule has 1 N–H and O–H groups in total. The Morgan fingerprint density at radius 1 is 1.00 bits per heavy atom. The fraction of sp³-hybridized carbons (Fsp3) is 0.417. The van der Waals surface area contributed by atoms with E-state index in [-0.39, 0.29) is 18.4 Å². The Balaban J connectivity index is 2.13. The van der Waals surface area contributed by atoms with E-state index >= 15 is 0 Å². The third-order valence-corrected chi connectivity index (χ3v) is 4.69. The second kappa shape index (κ2) is 11.9. The van der Waals surface area contributed by atoms with Crippen molar-refractivity contribution in [3.8, 4) is 11.5 Å². The second-order valence-electron chi connectivity index (χ2n) is 7.53. The van der Waals surface area contributed by atoms with Gasteiger partial charge in [-0.2, -0.15) is 0 Å². The summed E-state index contributed by atoms with van der Waals surface area (Å²) < 4.78 is 10.8. The standard InChI is InChI=1S/C24H32N2O4/c1-5-22(24(28)25-15-18(2)3)26(16-19-9-7-6-8-10-19)23(27)17-30-21-13-11-20(29-4)12-14-21/h6-14,18,22H,5,15-17H2,1-4H3,(H,25,28). The van der Waals surface area contributed by atoms with Gasteiger partial charge in [-0.1, -0.05) is 51.1 Å². The maximum atomic E-state index is 13.1. The van der Waals surface area contributed by atoms with Crippen LogP contribution < -0.4 is 14.8 Å². The predicted octanol–water partition coefficient (Wildman–Crippen LogP) is 3.65. The Labute approximate surface area is 179 Å². The third kappa shape index (κ3) is 7.10. The fourth-order valence-electron chi connectivity index (χ4n) is 3.02. The third-order valence-electron chi connectivity index (χ3n) is 4.69. The van der Waals surface area contributed by atoms with Gasteiger partial charge in [0.2, 0.25) is 5.91 Å². The summed E-state index contributed by atoms with van der Waals surface area (Å²) in [6.07, 6.45) is 0.519. The van der Waals surface area contributed by atoms with Gasteiger partial charge in [-0.25, -0.2) is 0 Å². The van der Waals surface area contributed by atoms with Gasteiger partial charge in [-0.15, -0.1) is 0 Å². The zero-order valence-electron chi connectivity index (χ0n) is 18.3. The number of methoxy groups -OCH3 is 1. The molecule has 0 saturated carbocycles. The Bertz CT molecular complexity index is 791. The lowest BCUT2D eigenvalue weighted by Gasteiger charge is -2.30. The van der Waals surface area contributed by atoms with E-state index in [0.29, 0.717) is 36.9 Å². The van der Waals surface area contributed by atoms with Crippen LogP contribution in [0.15, 0.2) is 54.6 Å². The first kappa shape index (κ1) is 23.3. The first-order valence-electron chi connectivity index (χ1n) is 10.3. The number of benzene rings is 2. The lowest BCUT2D eigenvalue weighted by molar-refractivity contribution is -0.143. The van der Waals surface area contributed by atoms with Crippen LogP contribution in [0, 0.1) is 5.92 Å². The molecular weight excluding hydrogens is 380 g/mol. The van der Waals surface area contributed by atoms with Crippen LogP contribution in [-0.2, 0) is 16.1 Å². The van der Waals surface area contributed by atoms with Gasteiger partial charge in [-0.05, 0) is 42.2 Å². The molecule has 0 aromatic heterocycles. The van der Waals surface area contributed by atoms with Crippen molar-refractivity contribution >= 4 is 11.8 Å². The summed E-state index contributed by atoms with van der Waals surface area (Å²) in [5, 5.41) is 2.95. The summed E-state index contributed by atoms with van der Waals surface area (Å²) >= 11 is 0. The highest BCUT2D eigenvalue weighted by molar-refractivity contribution is 5.88. The smallest absolute Gasteiger partial charge is 0.261 e. The average molecular weight is 413 g/mol. The number of nitrogens with one attached hydrogen (secondary N) is 1. The topological polar surface area (TPSA) is 67.9 Å². The molecular formula is C24H32N2O4. The maximum Gasteiger partial charge on any atom is 0.261 e. The molecule has 1 atom stereocenters. The summed E-state index contributed by atoms with van der Waals surface area (Å²) in [6, 6.07) is 16.2. The number of amides is 2. The van der Waals surface area contributed by atoms with Crippen LogP contribution in [0.4, 0.5) is 0 Å². The Morgan fingerprint density at radius 3 is 2.20 bits per heavy atom. The fourth-order valence-corrected chi connectivity index (χ4v) is 3.02. The maximum absolute atomic E-state index is 13.1. The molecule has 0 aliphatic carbocycles.